The Morgan fingerprint density at radius 2 is 1.93 bits per heavy atom. The highest BCUT2D eigenvalue weighted by molar-refractivity contribution is 5.83. The molecule has 1 aromatic carbocycles. The summed E-state index contributed by atoms with van der Waals surface area (Å²) in [5.74, 6) is 0.625. The van der Waals surface area contributed by atoms with Crippen LogP contribution in [0, 0.1) is 6.92 Å². The molecule has 0 spiro atoms. The average molecular weight is 190 g/mol. The van der Waals surface area contributed by atoms with Gasteiger partial charge in [-0.05, 0) is 18.6 Å². The van der Waals surface area contributed by atoms with E-state index < -0.39 is 0 Å². The lowest BCUT2D eigenvalue weighted by Gasteiger charge is -2.06. The van der Waals surface area contributed by atoms with Crippen molar-refractivity contribution < 1.29 is 9.15 Å². The highest BCUT2D eigenvalue weighted by Crippen LogP contribution is 2.27. The van der Waals surface area contributed by atoms with Crippen LogP contribution >= 0.6 is 0 Å². The van der Waals surface area contributed by atoms with Crippen molar-refractivity contribution in [1.82, 2.24) is 0 Å². The van der Waals surface area contributed by atoms with E-state index in [9.17, 15) is 4.79 Å². The minimum atomic E-state index is -0.360. The fourth-order valence-corrected chi connectivity index (χ4v) is 1.46. The molecule has 0 saturated heterocycles. The van der Waals surface area contributed by atoms with Crippen LogP contribution in [-0.4, -0.2) is 7.11 Å². The molecule has 0 radical (unpaired) electrons. The maximum atomic E-state index is 11.0. The van der Waals surface area contributed by atoms with E-state index in [0.717, 1.165) is 10.9 Å². The SMILES string of the molecule is COc1c(C)ccc2ccc(=O)oc12. The van der Waals surface area contributed by atoms with Crippen LogP contribution in [0.2, 0.25) is 0 Å². The number of benzene rings is 1. The van der Waals surface area contributed by atoms with Crippen molar-refractivity contribution in [3.8, 4) is 5.75 Å². The second-order valence-corrected chi connectivity index (χ2v) is 3.09. The summed E-state index contributed by atoms with van der Waals surface area (Å²) in [7, 11) is 1.56. The van der Waals surface area contributed by atoms with Crippen LogP contribution in [0.25, 0.3) is 11.0 Å². The number of ether oxygens (including phenoxy) is 1. The molecular weight excluding hydrogens is 180 g/mol. The van der Waals surface area contributed by atoms with Gasteiger partial charge < -0.3 is 9.15 Å². The van der Waals surface area contributed by atoms with Gasteiger partial charge in [0.05, 0.1) is 7.11 Å². The summed E-state index contributed by atoms with van der Waals surface area (Å²) in [6.45, 7) is 1.91. The van der Waals surface area contributed by atoms with Crippen LogP contribution in [0.3, 0.4) is 0 Å². The lowest BCUT2D eigenvalue weighted by atomic mass is 10.1. The molecule has 0 aliphatic heterocycles. The van der Waals surface area contributed by atoms with Gasteiger partial charge in [0.15, 0.2) is 11.3 Å². The van der Waals surface area contributed by atoms with Gasteiger partial charge in [0.1, 0.15) is 0 Å². The highest BCUT2D eigenvalue weighted by Gasteiger charge is 2.07. The number of hydrogen-bond acceptors (Lipinski definition) is 3. The molecule has 0 atom stereocenters. The predicted molar refractivity (Wildman–Crippen MR) is 53.8 cm³/mol. The summed E-state index contributed by atoms with van der Waals surface area (Å²) in [4.78, 5) is 11.0. The van der Waals surface area contributed by atoms with E-state index in [-0.39, 0.29) is 5.63 Å². The number of fused-ring (bicyclic) bond motifs is 1. The lowest BCUT2D eigenvalue weighted by Crippen LogP contribution is -1.97. The smallest absolute Gasteiger partial charge is 0.336 e. The van der Waals surface area contributed by atoms with Crippen LogP contribution in [0.15, 0.2) is 33.5 Å². The molecule has 3 heteroatoms. The molecule has 0 aliphatic rings. The molecule has 2 rings (SSSR count). The zero-order valence-electron chi connectivity index (χ0n) is 8.03. The molecule has 0 unspecified atom stereocenters. The van der Waals surface area contributed by atoms with Crippen LogP contribution in [0.1, 0.15) is 5.56 Å². The van der Waals surface area contributed by atoms with Crippen LogP contribution in [-0.2, 0) is 0 Å². The van der Waals surface area contributed by atoms with Gasteiger partial charge in [0.2, 0.25) is 0 Å². The van der Waals surface area contributed by atoms with E-state index in [4.69, 9.17) is 9.15 Å². The number of aryl methyl sites for hydroxylation is 1. The Kier molecular flexibility index (Phi) is 2.00. The first kappa shape index (κ1) is 8.81. The molecule has 0 amide bonds. The minimum Gasteiger partial charge on any atom is -0.493 e. The molecule has 1 aromatic heterocycles. The van der Waals surface area contributed by atoms with Gasteiger partial charge >= 0.3 is 5.63 Å². The van der Waals surface area contributed by atoms with Gasteiger partial charge in [-0.2, -0.15) is 0 Å². The van der Waals surface area contributed by atoms with E-state index in [2.05, 4.69) is 0 Å². The number of hydrogen-bond donors (Lipinski definition) is 0. The molecule has 0 saturated carbocycles. The molecule has 3 nitrogen and oxygen atoms in total. The second kappa shape index (κ2) is 3.18. The molecule has 14 heavy (non-hydrogen) atoms. The predicted octanol–water partition coefficient (Wildman–Crippen LogP) is 2.11. The Morgan fingerprint density at radius 3 is 2.64 bits per heavy atom. The fourth-order valence-electron chi connectivity index (χ4n) is 1.46. The molecule has 0 bridgehead atoms. The van der Waals surface area contributed by atoms with Gasteiger partial charge in [-0.15, -0.1) is 0 Å². The molecule has 0 fully saturated rings. The molecule has 2 aromatic rings. The van der Waals surface area contributed by atoms with Crippen molar-refractivity contribution in [1.29, 1.82) is 0 Å². The molecule has 0 aliphatic carbocycles. The maximum absolute atomic E-state index is 11.0. The third-order valence-corrected chi connectivity index (χ3v) is 2.15. The maximum Gasteiger partial charge on any atom is 0.336 e. The summed E-state index contributed by atoms with van der Waals surface area (Å²) < 4.78 is 10.3. The Bertz CT molecular complexity index is 526. The molecule has 0 N–H and O–H groups in total. The third kappa shape index (κ3) is 1.27. The van der Waals surface area contributed by atoms with Gasteiger partial charge in [0, 0.05) is 11.5 Å². The van der Waals surface area contributed by atoms with Crippen molar-refractivity contribution in [2.75, 3.05) is 7.11 Å². The topological polar surface area (TPSA) is 39.4 Å². The Morgan fingerprint density at radius 1 is 1.21 bits per heavy atom. The Balaban J connectivity index is 2.91. The summed E-state index contributed by atoms with van der Waals surface area (Å²) in [5.41, 5.74) is 1.11. The quantitative estimate of drug-likeness (QED) is 0.646. The Labute approximate surface area is 80.9 Å². The van der Waals surface area contributed by atoms with Crippen molar-refractivity contribution in [2.24, 2.45) is 0 Å². The van der Waals surface area contributed by atoms with E-state index in [1.165, 1.54) is 6.07 Å². The first-order chi connectivity index (χ1) is 6.72. The van der Waals surface area contributed by atoms with Gasteiger partial charge in [-0.25, -0.2) is 4.79 Å². The van der Waals surface area contributed by atoms with Crippen LogP contribution < -0.4 is 10.4 Å². The van der Waals surface area contributed by atoms with Crippen molar-refractivity contribution in [3.05, 3.63) is 40.2 Å². The summed E-state index contributed by atoms with van der Waals surface area (Å²) >= 11 is 0. The van der Waals surface area contributed by atoms with E-state index in [1.807, 2.05) is 19.1 Å². The van der Waals surface area contributed by atoms with Gasteiger partial charge in [-0.1, -0.05) is 12.1 Å². The number of rotatable bonds is 1. The van der Waals surface area contributed by atoms with Crippen molar-refractivity contribution >= 4 is 11.0 Å². The van der Waals surface area contributed by atoms with E-state index in [1.54, 1.807) is 13.2 Å². The summed E-state index contributed by atoms with van der Waals surface area (Å²) in [6.07, 6.45) is 0. The lowest BCUT2D eigenvalue weighted by molar-refractivity contribution is 0.404. The summed E-state index contributed by atoms with van der Waals surface area (Å²) in [5, 5.41) is 0.868. The van der Waals surface area contributed by atoms with E-state index >= 15 is 0 Å². The zero-order valence-corrected chi connectivity index (χ0v) is 8.03. The third-order valence-electron chi connectivity index (χ3n) is 2.15. The molecule has 72 valence electrons. The monoisotopic (exact) mass is 190 g/mol. The average Bonchev–Trinajstić information content (AvgIpc) is 2.17. The summed E-state index contributed by atoms with van der Waals surface area (Å²) in [6, 6.07) is 6.96. The highest BCUT2D eigenvalue weighted by atomic mass is 16.5. The molecule has 1 heterocycles. The van der Waals surface area contributed by atoms with Crippen molar-refractivity contribution in [3.63, 3.8) is 0 Å². The minimum absolute atomic E-state index is 0.360. The normalized spacial score (nSPS) is 10.4. The van der Waals surface area contributed by atoms with E-state index in [0.29, 0.717) is 11.3 Å². The fraction of sp³-hybridized carbons (Fsp3) is 0.182. The first-order valence-electron chi connectivity index (χ1n) is 4.30. The number of methoxy groups -OCH3 is 1. The van der Waals surface area contributed by atoms with Gasteiger partial charge in [-0.3, -0.25) is 0 Å². The zero-order chi connectivity index (χ0) is 10.1. The largest absolute Gasteiger partial charge is 0.493 e. The van der Waals surface area contributed by atoms with Crippen LogP contribution in [0.4, 0.5) is 0 Å². The van der Waals surface area contributed by atoms with Crippen molar-refractivity contribution in [2.45, 2.75) is 6.92 Å². The second-order valence-electron chi connectivity index (χ2n) is 3.09. The first-order valence-corrected chi connectivity index (χ1v) is 4.30. The molecular formula is C11H10O3. The van der Waals surface area contributed by atoms with Gasteiger partial charge in [0.25, 0.3) is 0 Å². The Hall–Kier alpha value is -1.77. The van der Waals surface area contributed by atoms with Crippen LogP contribution in [0.5, 0.6) is 5.75 Å². The standard InChI is InChI=1S/C11H10O3/c1-7-3-4-8-5-6-9(12)14-11(8)10(7)13-2/h3-6H,1-2H3.